The summed E-state index contributed by atoms with van der Waals surface area (Å²) in [6.07, 6.45) is 0. The van der Waals surface area contributed by atoms with E-state index in [2.05, 4.69) is 27.2 Å². The Balaban J connectivity index is 1.45. The van der Waals surface area contributed by atoms with Crippen LogP contribution in [0.4, 0.5) is 0 Å². The van der Waals surface area contributed by atoms with E-state index < -0.39 is 0 Å². The zero-order valence-corrected chi connectivity index (χ0v) is 19.2. The van der Waals surface area contributed by atoms with Crippen molar-refractivity contribution in [1.82, 2.24) is 15.0 Å². The second-order valence-corrected chi connectivity index (χ2v) is 8.30. The van der Waals surface area contributed by atoms with E-state index >= 15 is 0 Å². The SMILES string of the molecule is COc1cc(C(C)=NNC(=O)CSc2nc3ccccc3n2Cc2ccccc2)ccc1O. The van der Waals surface area contributed by atoms with Crippen LogP contribution in [0.1, 0.15) is 18.1 Å². The van der Waals surface area contributed by atoms with Crippen LogP contribution in [0.25, 0.3) is 11.0 Å². The van der Waals surface area contributed by atoms with Gasteiger partial charge in [0.05, 0.1) is 36.2 Å². The fourth-order valence-electron chi connectivity index (χ4n) is 3.36. The van der Waals surface area contributed by atoms with Gasteiger partial charge in [-0.15, -0.1) is 0 Å². The summed E-state index contributed by atoms with van der Waals surface area (Å²) < 4.78 is 7.25. The van der Waals surface area contributed by atoms with Gasteiger partial charge < -0.3 is 14.4 Å². The number of imidazole rings is 1. The molecule has 7 nitrogen and oxygen atoms in total. The highest BCUT2D eigenvalue weighted by Crippen LogP contribution is 2.27. The molecule has 4 aromatic rings. The molecule has 4 rings (SSSR count). The number of rotatable bonds is 8. The number of aromatic nitrogens is 2. The fraction of sp³-hybridized carbons (Fsp3) is 0.160. The second kappa shape index (κ2) is 10.2. The highest BCUT2D eigenvalue weighted by atomic mass is 32.2. The molecule has 0 aliphatic rings. The van der Waals surface area contributed by atoms with Crippen LogP contribution in [0, 0.1) is 0 Å². The zero-order chi connectivity index (χ0) is 23.2. The largest absolute Gasteiger partial charge is 0.504 e. The number of benzene rings is 3. The number of hydrogen-bond acceptors (Lipinski definition) is 6. The maximum Gasteiger partial charge on any atom is 0.250 e. The molecule has 0 fully saturated rings. The topological polar surface area (TPSA) is 88.7 Å². The van der Waals surface area contributed by atoms with E-state index in [1.165, 1.54) is 24.9 Å². The number of methoxy groups -OCH3 is 1. The summed E-state index contributed by atoms with van der Waals surface area (Å²) in [7, 11) is 1.48. The molecule has 1 aromatic heterocycles. The maximum absolute atomic E-state index is 12.5. The molecule has 3 aromatic carbocycles. The molecular weight excluding hydrogens is 436 g/mol. The Bertz CT molecular complexity index is 1300. The molecule has 2 N–H and O–H groups in total. The zero-order valence-electron chi connectivity index (χ0n) is 18.4. The first-order valence-electron chi connectivity index (χ1n) is 10.4. The molecule has 0 bridgehead atoms. The first kappa shape index (κ1) is 22.4. The number of thioether (sulfide) groups is 1. The fourth-order valence-corrected chi connectivity index (χ4v) is 4.16. The lowest BCUT2D eigenvalue weighted by molar-refractivity contribution is -0.118. The van der Waals surface area contributed by atoms with Gasteiger partial charge in [0.1, 0.15) is 0 Å². The molecule has 0 aliphatic carbocycles. The molecule has 33 heavy (non-hydrogen) atoms. The molecule has 0 spiro atoms. The highest BCUT2D eigenvalue weighted by Gasteiger charge is 2.13. The van der Waals surface area contributed by atoms with Crippen LogP contribution in [0.3, 0.4) is 0 Å². The first-order valence-corrected chi connectivity index (χ1v) is 11.4. The molecule has 1 heterocycles. The third kappa shape index (κ3) is 5.35. The third-order valence-electron chi connectivity index (χ3n) is 5.08. The Morgan fingerprint density at radius 3 is 2.67 bits per heavy atom. The number of nitrogens with one attached hydrogen (secondary N) is 1. The Labute approximate surface area is 196 Å². The van der Waals surface area contributed by atoms with E-state index in [0.717, 1.165) is 27.3 Å². The summed E-state index contributed by atoms with van der Waals surface area (Å²) in [5.74, 6) is 0.339. The first-order chi connectivity index (χ1) is 16.0. The number of nitrogens with zero attached hydrogens (tertiary/aromatic N) is 3. The van der Waals surface area contributed by atoms with Crippen LogP contribution >= 0.6 is 11.8 Å². The molecule has 0 radical (unpaired) electrons. The number of fused-ring (bicyclic) bond motifs is 1. The van der Waals surface area contributed by atoms with Crippen LogP contribution in [0.2, 0.25) is 0 Å². The number of hydrogen-bond donors (Lipinski definition) is 2. The number of aromatic hydroxyl groups is 1. The van der Waals surface area contributed by atoms with Gasteiger partial charge in [0.2, 0.25) is 0 Å². The average molecular weight is 461 g/mol. The molecule has 8 heteroatoms. The molecular formula is C25H24N4O3S. The molecule has 1 amide bonds. The Morgan fingerprint density at radius 2 is 1.88 bits per heavy atom. The van der Waals surface area contributed by atoms with Crippen LogP contribution in [-0.4, -0.2) is 39.1 Å². The van der Waals surface area contributed by atoms with Gasteiger partial charge in [0.25, 0.3) is 5.91 Å². The number of phenolic OH excluding ortho intramolecular Hbond substituents is 1. The van der Waals surface area contributed by atoms with E-state index in [9.17, 15) is 9.90 Å². The van der Waals surface area contributed by atoms with Crippen molar-refractivity contribution in [3.8, 4) is 11.5 Å². The van der Waals surface area contributed by atoms with Crippen molar-refractivity contribution in [1.29, 1.82) is 0 Å². The predicted octanol–water partition coefficient (Wildman–Crippen LogP) is 4.43. The Morgan fingerprint density at radius 1 is 1.12 bits per heavy atom. The molecule has 168 valence electrons. The van der Waals surface area contributed by atoms with Gasteiger partial charge in [-0.1, -0.05) is 54.2 Å². The summed E-state index contributed by atoms with van der Waals surface area (Å²) >= 11 is 1.37. The minimum absolute atomic E-state index is 0.0490. The molecule has 0 saturated heterocycles. The average Bonchev–Trinajstić information content (AvgIpc) is 3.19. The van der Waals surface area contributed by atoms with Crippen molar-refractivity contribution < 1.29 is 14.6 Å². The number of para-hydroxylation sites is 2. The number of phenols is 1. The monoisotopic (exact) mass is 460 g/mol. The van der Waals surface area contributed by atoms with Crippen molar-refractivity contribution in [2.24, 2.45) is 5.10 Å². The molecule has 0 unspecified atom stereocenters. The van der Waals surface area contributed by atoms with Gasteiger partial charge in [0.15, 0.2) is 16.7 Å². The second-order valence-electron chi connectivity index (χ2n) is 7.36. The van der Waals surface area contributed by atoms with E-state index in [1.54, 1.807) is 19.1 Å². The minimum Gasteiger partial charge on any atom is -0.504 e. The Kier molecular flexibility index (Phi) is 6.95. The van der Waals surface area contributed by atoms with Gasteiger partial charge in [0, 0.05) is 5.56 Å². The van der Waals surface area contributed by atoms with Gasteiger partial charge in [-0.05, 0) is 42.8 Å². The lowest BCUT2D eigenvalue weighted by Crippen LogP contribution is -2.21. The van der Waals surface area contributed by atoms with Crippen molar-refractivity contribution >= 4 is 34.4 Å². The number of ether oxygens (including phenoxy) is 1. The summed E-state index contributed by atoms with van der Waals surface area (Å²) in [6, 6.07) is 23.0. The third-order valence-corrected chi connectivity index (χ3v) is 6.06. The molecule has 0 atom stereocenters. The minimum atomic E-state index is -0.233. The van der Waals surface area contributed by atoms with Crippen molar-refractivity contribution in [3.05, 3.63) is 83.9 Å². The summed E-state index contributed by atoms with van der Waals surface area (Å²) in [4.78, 5) is 17.2. The van der Waals surface area contributed by atoms with Crippen LogP contribution in [0.5, 0.6) is 11.5 Å². The standard InChI is InChI=1S/C25H24N4O3S/c1-17(19-12-13-22(30)23(14-19)32-2)27-28-24(31)16-33-25-26-20-10-6-7-11-21(20)29(25)15-18-8-4-3-5-9-18/h3-14,30H,15-16H2,1-2H3,(H,28,31). The summed E-state index contributed by atoms with van der Waals surface area (Å²) in [6.45, 7) is 2.45. The normalized spacial score (nSPS) is 11.5. The van der Waals surface area contributed by atoms with Crippen LogP contribution in [-0.2, 0) is 11.3 Å². The van der Waals surface area contributed by atoms with Crippen molar-refractivity contribution in [2.45, 2.75) is 18.6 Å². The van der Waals surface area contributed by atoms with Crippen molar-refractivity contribution in [3.63, 3.8) is 0 Å². The maximum atomic E-state index is 12.5. The quantitative estimate of drug-likeness (QED) is 0.231. The number of amides is 1. The van der Waals surface area contributed by atoms with Gasteiger partial charge in [-0.2, -0.15) is 5.10 Å². The smallest absolute Gasteiger partial charge is 0.250 e. The molecule has 0 aliphatic heterocycles. The van der Waals surface area contributed by atoms with Crippen LogP contribution < -0.4 is 10.2 Å². The Hall–Kier alpha value is -3.78. The van der Waals surface area contributed by atoms with Gasteiger partial charge >= 0.3 is 0 Å². The van der Waals surface area contributed by atoms with Crippen LogP contribution in [0.15, 0.2) is 83.1 Å². The summed E-state index contributed by atoms with van der Waals surface area (Å²) in [5.41, 5.74) is 7.02. The lowest BCUT2D eigenvalue weighted by atomic mass is 10.1. The summed E-state index contributed by atoms with van der Waals surface area (Å²) in [5, 5.41) is 14.7. The van der Waals surface area contributed by atoms with Gasteiger partial charge in [-0.25, -0.2) is 10.4 Å². The van der Waals surface area contributed by atoms with E-state index in [-0.39, 0.29) is 17.4 Å². The van der Waals surface area contributed by atoms with E-state index in [0.29, 0.717) is 18.0 Å². The number of carbonyl (C=O) groups is 1. The predicted molar refractivity (Wildman–Crippen MR) is 131 cm³/mol. The van der Waals surface area contributed by atoms with Crippen molar-refractivity contribution in [2.75, 3.05) is 12.9 Å². The number of hydrazone groups is 1. The number of carbonyl (C=O) groups excluding carboxylic acids is 1. The molecule has 0 saturated carbocycles. The highest BCUT2D eigenvalue weighted by molar-refractivity contribution is 7.99. The van der Waals surface area contributed by atoms with Gasteiger partial charge in [-0.3, -0.25) is 4.79 Å². The van der Waals surface area contributed by atoms with E-state index in [4.69, 9.17) is 9.72 Å². The van der Waals surface area contributed by atoms with E-state index in [1.807, 2.05) is 42.5 Å². The lowest BCUT2D eigenvalue weighted by Gasteiger charge is -2.09.